The van der Waals surface area contributed by atoms with E-state index >= 15 is 0 Å². The van der Waals surface area contributed by atoms with Gasteiger partial charge in [0.2, 0.25) is 0 Å². The maximum absolute atomic E-state index is 10.4. The van der Waals surface area contributed by atoms with E-state index in [4.69, 9.17) is 9.16 Å². The van der Waals surface area contributed by atoms with Crippen LogP contribution >= 0.6 is 0 Å². The molecule has 3 rings (SSSR count). The van der Waals surface area contributed by atoms with Gasteiger partial charge in [-0.1, -0.05) is 93.3 Å². The van der Waals surface area contributed by atoms with Crippen LogP contribution in [0.25, 0.3) is 0 Å². The second-order valence-corrected chi connectivity index (χ2v) is 15.2. The Bertz CT molecular complexity index is 924. The molecule has 1 fully saturated rings. The molecule has 33 heavy (non-hydrogen) atoms. The van der Waals surface area contributed by atoms with Crippen LogP contribution in [0.4, 0.5) is 0 Å². The van der Waals surface area contributed by atoms with Gasteiger partial charge >= 0.3 is 0 Å². The average Bonchev–Trinajstić information content (AvgIpc) is 2.76. The summed E-state index contributed by atoms with van der Waals surface area (Å²) in [5.74, 6) is 6.93. The van der Waals surface area contributed by atoms with E-state index in [1.807, 2.05) is 24.3 Å². The molecule has 1 aliphatic rings. The maximum Gasteiger partial charge on any atom is 0.192 e. The standard InChI is InChI=1S/C28H39NO3Si/c1-27(2,3)33(4,5)32-19-13-12-18-28(22-31-23-28)29(20-24-14-8-6-9-15-24)26(21-30)25-16-10-7-11-17-25/h6-11,14-17,26,30H,13,19-23H2,1-5H3/t26-/m0/s1. The van der Waals surface area contributed by atoms with E-state index in [2.05, 4.69) is 87.0 Å². The third kappa shape index (κ3) is 6.35. The van der Waals surface area contributed by atoms with Crippen molar-refractivity contribution in [3.8, 4) is 11.8 Å². The van der Waals surface area contributed by atoms with Gasteiger partial charge in [0.25, 0.3) is 0 Å². The van der Waals surface area contributed by atoms with E-state index in [1.165, 1.54) is 5.56 Å². The van der Waals surface area contributed by atoms with Gasteiger partial charge in [0, 0.05) is 19.6 Å². The van der Waals surface area contributed by atoms with E-state index in [-0.39, 0.29) is 17.7 Å². The maximum atomic E-state index is 10.4. The van der Waals surface area contributed by atoms with Gasteiger partial charge in [-0.2, -0.15) is 0 Å². The molecule has 0 unspecified atom stereocenters. The Morgan fingerprint density at radius 1 is 1.06 bits per heavy atom. The van der Waals surface area contributed by atoms with Gasteiger partial charge in [0.15, 0.2) is 8.32 Å². The summed E-state index contributed by atoms with van der Waals surface area (Å²) in [5.41, 5.74) is 1.86. The van der Waals surface area contributed by atoms with Crippen molar-refractivity contribution >= 4 is 8.32 Å². The van der Waals surface area contributed by atoms with Crippen LogP contribution in [0.2, 0.25) is 18.1 Å². The molecule has 2 aromatic carbocycles. The highest BCUT2D eigenvalue weighted by molar-refractivity contribution is 6.74. The zero-order valence-electron chi connectivity index (χ0n) is 20.8. The smallest absolute Gasteiger partial charge is 0.192 e. The van der Waals surface area contributed by atoms with Crippen LogP contribution < -0.4 is 0 Å². The van der Waals surface area contributed by atoms with Crippen molar-refractivity contribution < 1.29 is 14.3 Å². The number of benzene rings is 2. The summed E-state index contributed by atoms with van der Waals surface area (Å²) in [6.45, 7) is 13.8. The first-order valence-electron chi connectivity index (χ1n) is 11.9. The highest BCUT2D eigenvalue weighted by Gasteiger charge is 2.46. The van der Waals surface area contributed by atoms with Crippen LogP contribution in [0.15, 0.2) is 60.7 Å². The fourth-order valence-corrected chi connectivity index (χ4v) is 4.85. The average molecular weight is 466 g/mol. The van der Waals surface area contributed by atoms with Gasteiger partial charge in [0.05, 0.1) is 25.9 Å². The molecule has 1 saturated heterocycles. The summed E-state index contributed by atoms with van der Waals surface area (Å²) >= 11 is 0. The highest BCUT2D eigenvalue weighted by Crippen LogP contribution is 2.37. The van der Waals surface area contributed by atoms with Crippen LogP contribution in [0.3, 0.4) is 0 Å². The fraction of sp³-hybridized carbons (Fsp3) is 0.500. The molecule has 0 amide bonds. The molecule has 0 saturated carbocycles. The summed E-state index contributed by atoms with van der Waals surface area (Å²) in [5, 5.41) is 10.6. The van der Waals surface area contributed by atoms with Gasteiger partial charge in [-0.15, -0.1) is 0 Å². The largest absolute Gasteiger partial charge is 0.416 e. The van der Waals surface area contributed by atoms with E-state index in [0.717, 1.165) is 5.56 Å². The van der Waals surface area contributed by atoms with E-state index in [9.17, 15) is 5.11 Å². The SMILES string of the molecule is CC(C)(C)[Si](C)(C)OCCC#CC1(N(Cc2ccccc2)[C@@H](CO)c2ccccc2)COC1. The molecule has 1 atom stereocenters. The number of aliphatic hydroxyl groups excluding tert-OH is 1. The summed E-state index contributed by atoms with van der Waals surface area (Å²) in [6, 6.07) is 20.4. The Kier molecular flexibility index (Phi) is 8.55. The molecule has 4 nitrogen and oxygen atoms in total. The number of ether oxygens (including phenoxy) is 1. The van der Waals surface area contributed by atoms with Crippen LogP contribution in [-0.2, 0) is 15.7 Å². The first kappa shape index (κ1) is 25.7. The minimum atomic E-state index is -1.77. The molecule has 178 valence electrons. The summed E-state index contributed by atoms with van der Waals surface area (Å²) in [7, 11) is -1.77. The molecule has 0 bridgehead atoms. The first-order valence-corrected chi connectivity index (χ1v) is 14.8. The van der Waals surface area contributed by atoms with Crippen molar-refractivity contribution in [2.75, 3.05) is 26.4 Å². The van der Waals surface area contributed by atoms with Crippen LogP contribution in [-0.4, -0.2) is 50.3 Å². The van der Waals surface area contributed by atoms with Gasteiger partial charge in [-0.3, -0.25) is 4.90 Å². The lowest BCUT2D eigenvalue weighted by Crippen LogP contribution is -2.62. The van der Waals surface area contributed by atoms with Crippen molar-refractivity contribution in [3.63, 3.8) is 0 Å². The molecule has 1 N–H and O–H groups in total. The number of rotatable bonds is 9. The minimum Gasteiger partial charge on any atom is -0.416 e. The van der Waals surface area contributed by atoms with Crippen molar-refractivity contribution in [2.24, 2.45) is 0 Å². The molecule has 1 aliphatic heterocycles. The minimum absolute atomic E-state index is 0.0226. The van der Waals surface area contributed by atoms with Gasteiger partial charge in [-0.05, 0) is 29.3 Å². The lowest BCUT2D eigenvalue weighted by Gasteiger charge is -2.49. The molecule has 0 aliphatic carbocycles. The van der Waals surface area contributed by atoms with Crippen molar-refractivity contribution in [3.05, 3.63) is 71.8 Å². The number of hydrogen-bond acceptors (Lipinski definition) is 4. The monoisotopic (exact) mass is 465 g/mol. The van der Waals surface area contributed by atoms with Crippen LogP contribution in [0, 0.1) is 11.8 Å². The van der Waals surface area contributed by atoms with Crippen molar-refractivity contribution in [1.82, 2.24) is 4.90 Å². The molecule has 2 aromatic rings. The number of hydrogen-bond donors (Lipinski definition) is 1. The van der Waals surface area contributed by atoms with Crippen LogP contribution in [0.5, 0.6) is 0 Å². The second-order valence-electron chi connectivity index (χ2n) is 10.4. The summed E-state index contributed by atoms with van der Waals surface area (Å²) in [6.07, 6.45) is 0.697. The molecule has 5 heteroatoms. The molecule has 0 radical (unpaired) electrons. The fourth-order valence-electron chi connectivity index (χ4n) is 3.81. The Morgan fingerprint density at radius 3 is 2.18 bits per heavy atom. The Hall–Kier alpha value is -1.94. The van der Waals surface area contributed by atoms with Crippen molar-refractivity contribution in [1.29, 1.82) is 0 Å². The van der Waals surface area contributed by atoms with Gasteiger partial charge in [-0.25, -0.2) is 0 Å². The number of aliphatic hydroxyl groups is 1. The second kappa shape index (κ2) is 11.0. The Morgan fingerprint density at radius 2 is 1.67 bits per heavy atom. The van der Waals surface area contributed by atoms with E-state index in [1.54, 1.807) is 0 Å². The van der Waals surface area contributed by atoms with E-state index < -0.39 is 13.9 Å². The predicted molar refractivity (Wildman–Crippen MR) is 137 cm³/mol. The number of nitrogens with zero attached hydrogens (tertiary/aromatic N) is 1. The third-order valence-corrected chi connectivity index (χ3v) is 11.5. The molecule has 1 heterocycles. The van der Waals surface area contributed by atoms with E-state index in [0.29, 0.717) is 32.8 Å². The van der Waals surface area contributed by atoms with Gasteiger partial charge in [0.1, 0.15) is 5.54 Å². The zero-order valence-corrected chi connectivity index (χ0v) is 21.8. The normalized spacial score (nSPS) is 16.6. The quantitative estimate of drug-likeness (QED) is 0.306. The molecular weight excluding hydrogens is 426 g/mol. The summed E-state index contributed by atoms with van der Waals surface area (Å²) in [4.78, 5) is 2.32. The third-order valence-electron chi connectivity index (χ3n) is 6.98. The van der Waals surface area contributed by atoms with Gasteiger partial charge < -0.3 is 14.3 Å². The zero-order chi connectivity index (χ0) is 24.0. The molecular formula is C28H39NO3Si. The highest BCUT2D eigenvalue weighted by atomic mass is 28.4. The predicted octanol–water partition coefficient (Wildman–Crippen LogP) is 5.41. The lowest BCUT2D eigenvalue weighted by atomic mass is 9.90. The van der Waals surface area contributed by atoms with Crippen LogP contribution in [0.1, 0.15) is 44.4 Å². The lowest BCUT2D eigenvalue weighted by molar-refractivity contribution is -0.131. The first-order chi connectivity index (χ1) is 15.7. The molecule has 0 aromatic heterocycles. The van der Waals surface area contributed by atoms with Crippen molar-refractivity contribution in [2.45, 2.75) is 63.4 Å². The Labute approximate surface area is 201 Å². The summed E-state index contributed by atoms with van der Waals surface area (Å²) < 4.78 is 12.0. The Balaban J connectivity index is 1.81. The topological polar surface area (TPSA) is 41.9 Å². The molecule has 0 spiro atoms.